The first kappa shape index (κ1) is 23.0. The smallest absolute Gasteiger partial charge is 0.416 e. The van der Waals surface area contributed by atoms with Crippen molar-refractivity contribution in [1.29, 1.82) is 0 Å². The van der Waals surface area contributed by atoms with E-state index in [0.29, 0.717) is 56.2 Å². The molecule has 0 saturated carbocycles. The Morgan fingerprint density at radius 2 is 1.93 bits per heavy atom. The van der Waals surface area contributed by atoms with E-state index in [-0.39, 0.29) is 13.0 Å². The predicted molar refractivity (Wildman–Crippen MR) is 102 cm³/mol. The van der Waals surface area contributed by atoms with Gasteiger partial charge in [-0.1, -0.05) is 19.8 Å². The van der Waals surface area contributed by atoms with Crippen molar-refractivity contribution < 1.29 is 32.6 Å². The van der Waals surface area contributed by atoms with Gasteiger partial charge in [0, 0.05) is 6.42 Å². The van der Waals surface area contributed by atoms with Gasteiger partial charge in [0.25, 0.3) is 0 Å². The number of carbonyl (C=O) groups is 2. The monoisotopic (exact) mass is 416 g/mol. The highest BCUT2D eigenvalue weighted by Gasteiger charge is 2.42. The van der Waals surface area contributed by atoms with Gasteiger partial charge in [-0.3, -0.25) is 9.69 Å². The number of carboxylic acid groups (broad SMARTS) is 1. The summed E-state index contributed by atoms with van der Waals surface area (Å²) in [5.74, 6) is -0.840. The molecule has 0 aliphatic carbocycles. The highest BCUT2D eigenvalue weighted by Crippen LogP contribution is 2.40. The largest absolute Gasteiger partial charge is 0.481 e. The van der Waals surface area contributed by atoms with Crippen LogP contribution in [-0.4, -0.2) is 29.4 Å². The number of anilines is 1. The molecule has 0 radical (unpaired) electrons. The van der Waals surface area contributed by atoms with Crippen molar-refractivity contribution >= 4 is 17.7 Å². The van der Waals surface area contributed by atoms with Crippen molar-refractivity contribution in [2.24, 2.45) is 5.73 Å². The van der Waals surface area contributed by atoms with Crippen LogP contribution in [-0.2, 0) is 22.1 Å². The van der Waals surface area contributed by atoms with Crippen LogP contribution in [0.1, 0.15) is 63.0 Å². The summed E-state index contributed by atoms with van der Waals surface area (Å²) in [4.78, 5) is 24.5. The van der Waals surface area contributed by atoms with Crippen LogP contribution in [0.3, 0.4) is 0 Å². The number of hydrogen-bond donors (Lipinski definition) is 2. The Morgan fingerprint density at radius 3 is 2.55 bits per heavy atom. The summed E-state index contributed by atoms with van der Waals surface area (Å²) in [7, 11) is 0. The van der Waals surface area contributed by atoms with Crippen LogP contribution in [0.15, 0.2) is 18.2 Å². The van der Waals surface area contributed by atoms with Crippen molar-refractivity contribution in [2.75, 3.05) is 11.5 Å². The van der Waals surface area contributed by atoms with Crippen LogP contribution in [0.25, 0.3) is 0 Å². The fourth-order valence-corrected chi connectivity index (χ4v) is 3.45. The lowest BCUT2D eigenvalue weighted by atomic mass is 9.89. The van der Waals surface area contributed by atoms with Gasteiger partial charge in [0.1, 0.15) is 0 Å². The van der Waals surface area contributed by atoms with Crippen molar-refractivity contribution in [1.82, 2.24) is 0 Å². The molecule has 0 spiro atoms. The second kappa shape index (κ2) is 9.47. The molecular weight excluding hydrogens is 389 g/mol. The Balaban J connectivity index is 2.05. The van der Waals surface area contributed by atoms with Crippen LogP contribution in [0.5, 0.6) is 0 Å². The Labute approximate surface area is 167 Å². The number of carboxylic acids is 1. The van der Waals surface area contributed by atoms with Gasteiger partial charge in [-0.15, -0.1) is 0 Å². The number of amides is 1. The van der Waals surface area contributed by atoms with Gasteiger partial charge in [-0.25, -0.2) is 4.79 Å². The number of hydrogen-bond acceptors (Lipinski definition) is 4. The molecule has 1 aromatic carbocycles. The summed E-state index contributed by atoms with van der Waals surface area (Å²) in [6.45, 7) is 1.95. The fourth-order valence-electron chi connectivity index (χ4n) is 3.45. The van der Waals surface area contributed by atoms with Crippen molar-refractivity contribution in [2.45, 2.75) is 70.1 Å². The molecule has 3 N–H and O–H groups in total. The van der Waals surface area contributed by atoms with E-state index >= 15 is 0 Å². The second-order valence-corrected chi connectivity index (χ2v) is 7.31. The molecule has 0 bridgehead atoms. The third-order valence-corrected chi connectivity index (χ3v) is 5.23. The lowest BCUT2D eigenvalue weighted by Gasteiger charge is -2.44. The quantitative estimate of drug-likeness (QED) is 0.600. The topological polar surface area (TPSA) is 92.9 Å². The SMILES string of the molecule is CCC1(N)CCc2cc(C(F)(F)F)ccc2N1C(=O)OCCCCCCC(=O)O. The third kappa shape index (κ3) is 5.85. The van der Waals surface area contributed by atoms with E-state index in [1.165, 1.54) is 11.0 Å². The maximum Gasteiger partial charge on any atom is 0.416 e. The van der Waals surface area contributed by atoms with Gasteiger partial charge >= 0.3 is 18.2 Å². The number of benzene rings is 1. The summed E-state index contributed by atoms with van der Waals surface area (Å²) >= 11 is 0. The lowest BCUT2D eigenvalue weighted by Crippen LogP contribution is -2.61. The minimum atomic E-state index is -4.46. The van der Waals surface area contributed by atoms with E-state index in [2.05, 4.69) is 0 Å². The lowest BCUT2D eigenvalue weighted by molar-refractivity contribution is -0.138. The number of rotatable bonds is 8. The van der Waals surface area contributed by atoms with Crippen LogP contribution < -0.4 is 10.6 Å². The minimum absolute atomic E-state index is 0.108. The number of ether oxygens (including phenoxy) is 1. The van der Waals surface area contributed by atoms with Crippen LogP contribution >= 0.6 is 0 Å². The molecule has 0 saturated heterocycles. The maximum atomic E-state index is 13.0. The molecule has 1 aromatic rings. The Kier molecular flexibility index (Phi) is 7.51. The molecule has 1 amide bonds. The van der Waals surface area contributed by atoms with Crippen LogP contribution in [0.2, 0.25) is 0 Å². The Hall–Kier alpha value is -2.29. The normalized spacial score (nSPS) is 19.0. The number of nitrogens with zero attached hydrogens (tertiary/aromatic N) is 1. The molecule has 162 valence electrons. The Bertz CT molecular complexity index is 739. The summed E-state index contributed by atoms with van der Waals surface area (Å²) < 4.78 is 44.4. The molecule has 2 rings (SSSR count). The van der Waals surface area contributed by atoms with Gasteiger partial charge in [-0.2, -0.15) is 13.2 Å². The first-order chi connectivity index (χ1) is 13.6. The first-order valence-corrected chi connectivity index (χ1v) is 9.76. The van der Waals surface area contributed by atoms with E-state index < -0.39 is 29.5 Å². The highest BCUT2D eigenvalue weighted by molar-refractivity contribution is 5.91. The number of aliphatic carboxylic acids is 1. The number of aryl methyl sites for hydroxylation is 1. The van der Waals surface area contributed by atoms with Crippen LogP contribution in [0, 0.1) is 0 Å². The summed E-state index contributed by atoms with van der Waals surface area (Å²) in [6, 6.07) is 3.29. The molecule has 1 aliphatic rings. The molecule has 0 fully saturated rings. The average Bonchev–Trinajstić information content (AvgIpc) is 2.65. The summed E-state index contributed by atoms with van der Waals surface area (Å²) in [5, 5.41) is 8.60. The first-order valence-electron chi connectivity index (χ1n) is 9.76. The Morgan fingerprint density at radius 1 is 1.24 bits per heavy atom. The van der Waals surface area contributed by atoms with Gasteiger partial charge < -0.3 is 15.6 Å². The summed E-state index contributed by atoms with van der Waals surface area (Å²) in [5.41, 5.74) is 5.37. The third-order valence-electron chi connectivity index (χ3n) is 5.23. The number of alkyl halides is 3. The zero-order valence-corrected chi connectivity index (χ0v) is 16.4. The minimum Gasteiger partial charge on any atom is -0.481 e. The number of halogens is 3. The second-order valence-electron chi connectivity index (χ2n) is 7.31. The maximum absolute atomic E-state index is 13.0. The molecular formula is C20H27F3N2O4. The van der Waals surface area contributed by atoms with Gasteiger partial charge in [0.15, 0.2) is 0 Å². The number of carbonyl (C=O) groups excluding carboxylic acids is 1. The van der Waals surface area contributed by atoms with Crippen LogP contribution in [0.4, 0.5) is 23.7 Å². The van der Waals surface area contributed by atoms with Crippen molar-refractivity contribution in [3.05, 3.63) is 29.3 Å². The van der Waals surface area contributed by atoms with Gasteiger partial charge in [0.05, 0.1) is 23.5 Å². The van der Waals surface area contributed by atoms with E-state index in [1.54, 1.807) is 0 Å². The standard InChI is InChI=1S/C20H27F3N2O4/c1-2-19(24)11-10-14-13-15(20(21,22)23)8-9-16(14)25(19)18(28)29-12-6-4-3-5-7-17(26)27/h8-9,13H,2-7,10-12,24H2,1H3,(H,26,27). The number of nitrogens with two attached hydrogens (primary N) is 1. The van der Waals surface area contributed by atoms with E-state index in [4.69, 9.17) is 15.6 Å². The van der Waals surface area contributed by atoms with E-state index in [0.717, 1.165) is 12.1 Å². The molecule has 1 aliphatic heterocycles. The predicted octanol–water partition coefficient (Wildman–Crippen LogP) is 4.69. The number of unbranched alkanes of at least 4 members (excludes halogenated alkanes) is 3. The molecule has 29 heavy (non-hydrogen) atoms. The van der Waals surface area contributed by atoms with Crippen molar-refractivity contribution in [3.63, 3.8) is 0 Å². The van der Waals surface area contributed by atoms with Gasteiger partial charge in [-0.05, 0) is 55.9 Å². The molecule has 1 atom stereocenters. The molecule has 0 aromatic heterocycles. The zero-order valence-electron chi connectivity index (χ0n) is 16.4. The molecule has 1 unspecified atom stereocenters. The van der Waals surface area contributed by atoms with E-state index in [9.17, 15) is 22.8 Å². The van der Waals surface area contributed by atoms with E-state index in [1.807, 2.05) is 6.92 Å². The highest BCUT2D eigenvalue weighted by atomic mass is 19.4. The zero-order chi connectivity index (χ0) is 21.7. The molecule has 6 nitrogen and oxygen atoms in total. The van der Waals surface area contributed by atoms with Gasteiger partial charge in [0.2, 0.25) is 0 Å². The van der Waals surface area contributed by atoms with Crippen molar-refractivity contribution in [3.8, 4) is 0 Å². The number of fused-ring (bicyclic) bond motifs is 1. The molecule has 1 heterocycles. The summed E-state index contributed by atoms with van der Waals surface area (Å²) in [6.07, 6.45) is -1.36. The average molecular weight is 416 g/mol. The fraction of sp³-hybridized carbons (Fsp3) is 0.600. The molecule has 9 heteroatoms.